The number of hydrogen-bond acceptors (Lipinski definition) is 6. The summed E-state index contributed by atoms with van der Waals surface area (Å²) in [7, 11) is 2.29. The Hall–Kier alpha value is -1.90. The van der Waals surface area contributed by atoms with Gasteiger partial charge in [0.25, 0.3) is 5.78 Å². The molecule has 1 rings (SSSR count). The minimum absolute atomic E-state index is 0.0126. The Morgan fingerprint density at radius 3 is 2.14 bits per heavy atom. The van der Waals surface area contributed by atoms with Gasteiger partial charge in [-0.1, -0.05) is 30.3 Å². The molecular formula is C14H14INO5. The van der Waals surface area contributed by atoms with Gasteiger partial charge in [-0.2, -0.15) is 0 Å². The number of ketones is 1. The fraction of sp³-hybridized carbons (Fsp3) is 0.214. The van der Waals surface area contributed by atoms with Crippen LogP contribution in [0, 0.1) is 0 Å². The van der Waals surface area contributed by atoms with Crippen LogP contribution in [-0.4, -0.2) is 31.9 Å². The molecule has 7 heteroatoms. The first kappa shape index (κ1) is 17.2. The van der Waals surface area contributed by atoms with Crippen molar-refractivity contribution in [1.29, 1.82) is 0 Å². The average Bonchev–Trinajstić information content (AvgIpc) is 2.53. The highest BCUT2D eigenvalue weighted by atomic mass is 127. The lowest BCUT2D eigenvalue weighted by atomic mass is 10.2. The molecule has 21 heavy (non-hydrogen) atoms. The van der Waals surface area contributed by atoms with E-state index >= 15 is 0 Å². The number of benzene rings is 1. The van der Waals surface area contributed by atoms with Crippen LogP contribution in [0.1, 0.15) is 5.56 Å². The number of carbonyl (C=O) groups is 3. The Kier molecular flexibility index (Phi) is 6.86. The topological polar surface area (TPSA) is 81.7 Å². The molecule has 0 spiro atoms. The normalized spacial score (nSPS) is 11.2. The van der Waals surface area contributed by atoms with Gasteiger partial charge in [0, 0.05) is 6.54 Å². The van der Waals surface area contributed by atoms with E-state index in [1.165, 1.54) is 7.11 Å². The number of rotatable bonds is 6. The van der Waals surface area contributed by atoms with Crippen LogP contribution in [-0.2, 0) is 30.4 Å². The Morgan fingerprint density at radius 2 is 1.62 bits per heavy atom. The smallest absolute Gasteiger partial charge is 0.381 e. The number of nitrogens with one attached hydrogen (secondary N) is 1. The first-order valence-electron chi connectivity index (χ1n) is 5.89. The van der Waals surface area contributed by atoms with Crippen molar-refractivity contribution in [2.75, 3.05) is 14.2 Å². The van der Waals surface area contributed by atoms with E-state index in [0.29, 0.717) is 0 Å². The van der Waals surface area contributed by atoms with Crippen molar-refractivity contribution >= 4 is 40.3 Å². The molecule has 0 amide bonds. The Labute approximate surface area is 135 Å². The number of Topliss-reactive ketones (excluding diaryl/α,β-unsaturated/α-hetero) is 1. The van der Waals surface area contributed by atoms with Crippen LogP contribution in [0.25, 0.3) is 0 Å². The van der Waals surface area contributed by atoms with Crippen LogP contribution in [0.5, 0.6) is 0 Å². The number of ether oxygens (including phenoxy) is 2. The first-order chi connectivity index (χ1) is 10.0. The van der Waals surface area contributed by atoms with Crippen LogP contribution in [0.2, 0.25) is 0 Å². The molecule has 0 aliphatic rings. The summed E-state index contributed by atoms with van der Waals surface area (Å²) in [6.07, 6.45) is 0. The summed E-state index contributed by atoms with van der Waals surface area (Å²) in [4.78, 5) is 34.9. The lowest BCUT2D eigenvalue weighted by Gasteiger charge is -2.11. The van der Waals surface area contributed by atoms with Crippen molar-refractivity contribution in [3.63, 3.8) is 0 Å². The van der Waals surface area contributed by atoms with E-state index in [9.17, 15) is 14.4 Å². The molecule has 1 aromatic rings. The third kappa shape index (κ3) is 4.85. The van der Waals surface area contributed by atoms with Crippen molar-refractivity contribution in [3.05, 3.63) is 45.2 Å². The zero-order valence-electron chi connectivity index (χ0n) is 11.5. The summed E-state index contributed by atoms with van der Waals surface area (Å²) in [6.45, 7) is 0.280. The van der Waals surface area contributed by atoms with Gasteiger partial charge in [-0.3, -0.25) is 4.79 Å². The second kappa shape index (κ2) is 8.40. The average molecular weight is 403 g/mol. The standard InChI is InChI=1S/C14H14INO5/c1-20-13(18)10(15)11(12(17)14(19)21-2)16-8-9-6-4-3-5-7-9/h3-7,16H,8H2,1-2H3. The second-order valence-electron chi connectivity index (χ2n) is 3.84. The molecule has 0 saturated heterocycles. The summed E-state index contributed by atoms with van der Waals surface area (Å²) in [5.74, 6) is -2.68. The van der Waals surface area contributed by atoms with E-state index in [1.54, 1.807) is 22.6 Å². The van der Waals surface area contributed by atoms with Gasteiger partial charge in [0.1, 0.15) is 9.28 Å². The SMILES string of the molecule is COC(=O)C(=O)C(NCc1ccccc1)=C(I)C(=O)OC. The highest BCUT2D eigenvalue weighted by molar-refractivity contribution is 14.1. The zero-order chi connectivity index (χ0) is 15.8. The zero-order valence-corrected chi connectivity index (χ0v) is 13.7. The number of methoxy groups -OCH3 is 2. The second-order valence-corrected chi connectivity index (χ2v) is 4.92. The molecule has 0 aliphatic heterocycles. The molecule has 0 radical (unpaired) electrons. The van der Waals surface area contributed by atoms with Gasteiger partial charge in [0.05, 0.1) is 14.2 Å². The van der Waals surface area contributed by atoms with Gasteiger partial charge in [-0.05, 0) is 28.2 Å². The minimum atomic E-state index is -1.05. The fourth-order valence-corrected chi connectivity index (χ4v) is 2.09. The third-order valence-electron chi connectivity index (χ3n) is 2.49. The predicted octanol–water partition coefficient (Wildman–Crippen LogP) is 1.34. The molecule has 0 heterocycles. The monoisotopic (exact) mass is 403 g/mol. The minimum Gasteiger partial charge on any atom is -0.465 e. The summed E-state index contributed by atoms with van der Waals surface area (Å²) >= 11 is 1.65. The van der Waals surface area contributed by atoms with Crippen LogP contribution < -0.4 is 5.32 Å². The third-order valence-corrected chi connectivity index (χ3v) is 3.47. The highest BCUT2D eigenvalue weighted by Crippen LogP contribution is 2.15. The van der Waals surface area contributed by atoms with Crippen molar-refractivity contribution in [3.8, 4) is 0 Å². The lowest BCUT2D eigenvalue weighted by Crippen LogP contribution is -2.29. The summed E-state index contributed by atoms with van der Waals surface area (Å²) < 4.78 is 8.94. The maximum absolute atomic E-state index is 11.9. The quantitative estimate of drug-likeness (QED) is 0.334. The number of carbonyl (C=O) groups excluding carboxylic acids is 3. The van der Waals surface area contributed by atoms with Gasteiger partial charge >= 0.3 is 11.9 Å². The fourth-order valence-electron chi connectivity index (χ4n) is 1.43. The number of hydrogen-bond donors (Lipinski definition) is 1. The van der Waals surface area contributed by atoms with E-state index in [4.69, 9.17) is 0 Å². The lowest BCUT2D eigenvalue weighted by molar-refractivity contribution is -0.150. The van der Waals surface area contributed by atoms with Gasteiger partial charge in [0.15, 0.2) is 0 Å². The molecule has 0 atom stereocenters. The molecule has 1 aromatic carbocycles. The maximum Gasteiger partial charge on any atom is 0.381 e. The van der Waals surface area contributed by atoms with E-state index < -0.39 is 17.7 Å². The molecule has 0 unspecified atom stereocenters. The molecule has 1 N–H and O–H groups in total. The van der Waals surface area contributed by atoms with E-state index in [-0.39, 0.29) is 15.8 Å². The van der Waals surface area contributed by atoms with E-state index in [1.807, 2.05) is 30.3 Å². The van der Waals surface area contributed by atoms with Crippen molar-refractivity contribution in [2.45, 2.75) is 6.54 Å². The molecule has 0 aromatic heterocycles. The van der Waals surface area contributed by atoms with Crippen LogP contribution in [0.3, 0.4) is 0 Å². The van der Waals surface area contributed by atoms with Crippen LogP contribution in [0.4, 0.5) is 0 Å². The molecule has 112 valence electrons. The molecule has 0 fully saturated rings. The summed E-state index contributed by atoms with van der Waals surface area (Å²) in [5.41, 5.74) is 0.750. The largest absolute Gasteiger partial charge is 0.465 e. The number of esters is 2. The summed E-state index contributed by atoms with van der Waals surface area (Å²) in [6, 6.07) is 9.23. The molecule has 0 bridgehead atoms. The van der Waals surface area contributed by atoms with Gasteiger partial charge in [0.2, 0.25) is 0 Å². The highest BCUT2D eigenvalue weighted by Gasteiger charge is 2.25. The first-order valence-corrected chi connectivity index (χ1v) is 6.97. The van der Waals surface area contributed by atoms with E-state index in [2.05, 4.69) is 14.8 Å². The number of halogens is 1. The molecular weight excluding hydrogens is 389 g/mol. The van der Waals surface area contributed by atoms with Crippen LogP contribution in [0.15, 0.2) is 39.6 Å². The van der Waals surface area contributed by atoms with E-state index in [0.717, 1.165) is 12.7 Å². The van der Waals surface area contributed by atoms with Crippen LogP contribution >= 0.6 is 22.6 Å². The Bertz CT molecular complexity index is 568. The molecule has 0 aliphatic carbocycles. The Morgan fingerprint density at radius 1 is 1.05 bits per heavy atom. The van der Waals surface area contributed by atoms with Gasteiger partial charge in [-0.25, -0.2) is 9.59 Å². The van der Waals surface area contributed by atoms with Crippen molar-refractivity contribution < 1.29 is 23.9 Å². The molecule has 0 saturated carbocycles. The van der Waals surface area contributed by atoms with Crippen molar-refractivity contribution in [1.82, 2.24) is 5.32 Å². The summed E-state index contributed by atoms with van der Waals surface area (Å²) in [5, 5.41) is 2.79. The van der Waals surface area contributed by atoms with Gasteiger partial charge < -0.3 is 14.8 Å². The maximum atomic E-state index is 11.9. The van der Waals surface area contributed by atoms with Gasteiger partial charge in [-0.15, -0.1) is 0 Å². The van der Waals surface area contributed by atoms with Crippen molar-refractivity contribution in [2.24, 2.45) is 0 Å². The predicted molar refractivity (Wildman–Crippen MR) is 83.4 cm³/mol. The molecule has 6 nitrogen and oxygen atoms in total. The Balaban J connectivity index is 3.00.